The predicted molar refractivity (Wildman–Crippen MR) is 114 cm³/mol. The number of rotatable bonds is 6. The van der Waals surface area contributed by atoms with Crippen molar-refractivity contribution in [1.82, 2.24) is 15.1 Å². The third-order valence-electron chi connectivity index (χ3n) is 5.42. The number of nitrogens with one attached hydrogen (secondary N) is 1. The van der Waals surface area contributed by atoms with Gasteiger partial charge in [-0.3, -0.25) is 9.59 Å². The minimum Gasteiger partial charge on any atom is -0.493 e. The highest BCUT2D eigenvalue weighted by Crippen LogP contribution is 2.34. The Labute approximate surface area is 178 Å². The molecule has 0 aromatic heterocycles. The predicted octanol–water partition coefficient (Wildman–Crippen LogP) is 1.89. The van der Waals surface area contributed by atoms with Crippen molar-refractivity contribution < 1.29 is 19.1 Å². The van der Waals surface area contributed by atoms with Crippen molar-refractivity contribution in [2.75, 3.05) is 46.9 Å². The van der Waals surface area contributed by atoms with Crippen molar-refractivity contribution in [3.63, 3.8) is 0 Å². The van der Waals surface area contributed by atoms with E-state index in [4.69, 9.17) is 9.47 Å². The van der Waals surface area contributed by atoms with E-state index in [1.165, 1.54) is 0 Å². The minimum absolute atomic E-state index is 0. The number of ether oxygens (including phenoxy) is 2. The average Bonchev–Trinajstić information content (AvgIpc) is 2.73. The highest BCUT2D eigenvalue weighted by molar-refractivity contribution is 5.95. The Morgan fingerprint density at radius 2 is 2.10 bits per heavy atom. The maximum Gasteiger partial charge on any atom is 0.254 e. The lowest BCUT2D eigenvalue weighted by Gasteiger charge is -2.41. The second-order valence-corrected chi connectivity index (χ2v) is 7.17. The molecule has 1 unspecified atom stereocenters. The SMILES string of the molecule is C=CCc1cc(C(=O)N2CCCC(N3CCNCC3=O)C2)cc(OC)c1OC.Cl. The molecule has 1 aromatic carbocycles. The first kappa shape index (κ1) is 23.0. The number of piperidine rings is 1. The van der Waals surface area contributed by atoms with Crippen LogP contribution in [0.25, 0.3) is 0 Å². The van der Waals surface area contributed by atoms with Gasteiger partial charge in [0.1, 0.15) is 0 Å². The highest BCUT2D eigenvalue weighted by atomic mass is 35.5. The van der Waals surface area contributed by atoms with E-state index in [0.29, 0.717) is 49.7 Å². The van der Waals surface area contributed by atoms with Crippen LogP contribution >= 0.6 is 12.4 Å². The van der Waals surface area contributed by atoms with Crippen LogP contribution in [-0.4, -0.2) is 74.6 Å². The van der Waals surface area contributed by atoms with E-state index in [1.54, 1.807) is 26.4 Å². The van der Waals surface area contributed by atoms with Gasteiger partial charge in [-0.1, -0.05) is 6.08 Å². The zero-order valence-electron chi connectivity index (χ0n) is 17.1. The lowest BCUT2D eigenvalue weighted by molar-refractivity contribution is -0.135. The van der Waals surface area contributed by atoms with Gasteiger partial charge >= 0.3 is 0 Å². The van der Waals surface area contributed by atoms with Crippen molar-refractivity contribution in [3.8, 4) is 11.5 Å². The van der Waals surface area contributed by atoms with Crippen LogP contribution in [-0.2, 0) is 11.2 Å². The number of piperazine rings is 1. The zero-order valence-corrected chi connectivity index (χ0v) is 17.9. The molecule has 0 saturated carbocycles. The molecule has 2 amide bonds. The summed E-state index contributed by atoms with van der Waals surface area (Å²) in [4.78, 5) is 29.2. The molecule has 2 heterocycles. The molecule has 1 N–H and O–H groups in total. The maximum absolute atomic E-state index is 13.2. The average molecular weight is 424 g/mol. The molecule has 0 radical (unpaired) electrons. The minimum atomic E-state index is -0.0430. The van der Waals surface area contributed by atoms with Gasteiger partial charge in [0.05, 0.1) is 20.8 Å². The fraction of sp³-hybridized carbons (Fsp3) is 0.524. The van der Waals surface area contributed by atoms with Crippen LogP contribution < -0.4 is 14.8 Å². The number of carbonyl (C=O) groups is 2. The molecular formula is C21H30ClN3O4. The Hall–Kier alpha value is -2.25. The summed E-state index contributed by atoms with van der Waals surface area (Å²) < 4.78 is 10.9. The van der Waals surface area contributed by atoms with E-state index >= 15 is 0 Å². The van der Waals surface area contributed by atoms with Crippen LogP contribution in [0, 0.1) is 0 Å². The van der Waals surface area contributed by atoms with Crippen LogP contribution in [0.1, 0.15) is 28.8 Å². The van der Waals surface area contributed by atoms with Gasteiger partial charge in [-0.15, -0.1) is 19.0 Å². The van der Waals surface area contributed by atoms with Crippen molar-refractivity contribution in [2.24, 2.45) is 0 Å². The van der Waals surface area contributed by atoms with Gasteiger partial charge in [0, 0.05) is 43.3 Å². The van der Waals surface area contributed by atoms with Gasteiger partial charge in [-0.2, -0.15) is 0 Å². The highest BCUT2D eigenvalue weighted by Gasteiger charge is 2.32. The molecule has 0 bridgehead atoms. The van der Waals surface area contributed by atoms with Crippen molar-refractivity contribution >= 4 is 24.2 Å². The monoisotopic (exact) mass is 423 g/mol. The molecule has 3 rings (SSSR count). The second kappa shape index (κ2) is 10.5. The Morgan fingerprint density at radius 3 is 2.76 bits per heavy atom. The van der Waals surface area contributed by atoms with Gasteiger partial charge in [-0.25, -0.2) is 0 Å². The van der Waals surface area contributed by atoms with Crippen LogP contribution in [0.2, 0.25) is 0 Å². The molecule has 1 atom stereocenters. The van der Waals surface area contributed by atoms with Crippen LogP contribution in [0.15, 0.2) is 24.8 Å². The molecule has 2 aliphatic heterocycles. The molecule has 0 spiro atoms. The number of halogens is 1. The summed E-state index contributed by atoms with van der Waals surface area (Å²) >= 11 is 0. The number of methoxy groups -OCH3 is 2. The Morgan fingerprint density at radius 1 is 1.31 bits per heavy atom. The van der Waals surface area contributed by atoms with E-state index in [2.05, 4.69) is 11.9 Å². The Bertz CT molecular complexity index is 756. The third kappa shape index (κ3) is 5.03. The van der Waals surface area contributed by atoms with Gasteiger partial charge in [0.2, 0.25) is 5.91 Å². The maximum atomic E-state index is 13.2. The first-order valence-corrected chi connectivity index (χ1v) is 9.74. The van der Waals surface area contributed by atoms with Gasteiger partial charge < -0.3 is 24.6 Å². The lowest BCUT2D eigenvalue weighted by atomic mass is 10.0. The zero-order chi connectivity index (χ0) is 20.1. The van der Waals surface area contributed by atoms with E-state index in [9.17, 15) is 9.59 Å². The Balaban J connectivity index is 0.00000300. The van der Waals surface area contributed by atoms with Crippen LogP contribution in [0.5, 0.6) is 11.5 Å². The lowest BCUT2D eigenvalue weighted by Crippen LogP contribution is -2.57. The van der Waals surface area contributed by atoms with Crippen molar-refractivity contribution in [1.29, 1.82) is 0 Å². The number of carbonyl (C=O) groups excluding carboxylic acids is 2. The number of hydrogen-bond acceptors (Lipinski definition) is 5. The van der Waals surface area contributed by atoms with E-state index < -0.39 is 0 Å². The van der Waals surface area contributed by atoms with Crippen molar-refractivity contribution in [3.05, 3.63) is 35.9 Å². The van der Waals surface area contributed by atoms with Gasteiger partial charge in [0.15, 0.2) is 11.5 Å². The number of hydrogen-bond donors (Lipinski definition) is 1. The largest absolute Gasteiger partial charge is 0.493 e. The van der Waals surface area contributed by atoms with E-state index in [1.807, 2.05) is 15.9 Å². The number of nitrogens with zero attached hydrogens (tertiary/aromatic N) is 2. The van der Waals surface area contributed by atoms with Crippen molar-refractivity contribution in [2.45, 2.75) is 25.3 Å². The van der Waals surface area contributed by atoms with Crippen LogP contribution in [0.3, 0.4) is 0 Å². The topological polar surface area (TPSA) is 71.1 Å². The Kier molecular flexibility index (Phi) is 8.34. The third-order valence-corrected chi connectivity index (χ3v) is 5.42. The molecule has 2 saturated heterocycles. The summed E-state index contributed by atoms with van der Waals surface area (Å²) in [5, 5.41) is 3.10. The normalized spacial score (nSPS) is 19.4. The fourth-order valence-electron chi connectivity index (χ4n) is 4.06. The smallest absolute Gasteiger partial charge is 0.254 e. The summed E-state index contributed by atoms with van der Waals surface area (Å²) in [6, 6.07) is 3.67. The molecule has 0 aliphatic carbocycles. The van der Waals surface area contributed by atoms with Gasteiger partial charge in [0.25, 0.3) is 5.91 Å². The number of allylic oxidation sites excluding steroid dienone is 1. The molecule has 2 fully saturated rings. The molecular weight excluding hydrogens is 394 g/mol. The fourth-order valence-corrected chi connectivity index (χ4v) is 4.06. The number of benzene rings is 1. The standard InChI is InChI=1S/C21H29N3O4.ClH/c1-4-6-15-11-16(12-18(27-2)20(15)28-3)21(26)23-9-5-7-17(14-23)24-10-8-22-13-19(24)25;/h4,11-12,17,22H,1,5-10,13-14H2,2-3H3;1H. The summed E-state index contributed by atoms with van der Waals surface area (Å²) in [7, 11) is 3.16. The summed E-state index contributed by atoms with van der Waals surface area (Å²) in [5.41, 5.74) is 1.44. The molecule has 1 aromatic rings. The molecule has 160 valence electrons. The molecule has 2 aliphatic rings. The first-order valence-electron chi connectivity index (χ1n) is 9.74. The van der Waals surface area contributed by atoms with Crippen LogP contribution in [0.4, 0.5) is 0 Å². The molecule has 8 heteroatoms. The first-order chi connectivity index (χ1) is 13.6. The van der Waals surface area contributed by atoms with Gasteiger partial charge in [-0.05, 0) is 31.4 Å². The number of amides is 2. The number of likely N-dealkylation sites (tertiary alicyclic amines) is 1. The summed E-state index contributed by atoms with van der Waals surface area (Å²) in [6.07, 6.45) is 4.18. The van der Waals surface area contributed by atoms with E-state index in [-0.39, 0.29) is 30.3 Å². The summed E-state index contributed by atoms with van der Waals surface area (Å²) in [5.74, 6) is 1.24. The quantitative estimate of drug-likeness (QED) is 0.707. The molecule has 29 heavy (non-hydrogen) atoms. The van der Waals surface area contributed by atoms with E-state index in [0.717, 1.165) is 24.9 Å². The summed E-state index contributed by atoms with van der Waals surface area (Å²) in [6.45, 7) is 6.93. The molecule has 7 nitrogen and oxygen atoms in total. The second-order valence-electron chi connectivity index (χ2n) is 7.17.